The molecule has 5 heteroatoms. The van der Waals surface area contributed by atoms with Crippen LogP contribution >= 0.6 is 0 Å². The molecule has 0 saturated heterocycles. The van der Waals surface area contributed by atoms with Crippen molar-refractivity contribution < 1.29 is 19.2 Å². The molecule has 3 aromatic rings. The van der Waals surface area contributed by atoms with Gasteiger partial charge in [0.2, 0.25) is 0 Å². The molecule has 0 aliphatic rings. The Balaban J connectivity index is 1.77. The second-order valence-corrected chi connectivity index (χ2v) is 8.09. The molecular formula is C28H31NO4. The van der Waals surface area contributed by atoms with Gasteiger partial charge in [0.25, 0.3) is 5.91 Å². The van der Waals surface area contributed by atoms with E-state index >= 15 is 0 Å². The average molecular weight is 446 g/mol. The number of hydrogen-bond acceptors (Lipinski definition) is 4. The van der Waals surface area contributed by atoms with E-state index in [0.29, 0.717) is 24.3 Å². The van der Waals surface area contributed by atoms with Crippen molar-refractivity contribution >= 4 is 11.9 Å². The van der Waals surface area contributed by atoms with Gasteiger partial charge in [-0.2, -0.15) is 5.06 Å². The monoisotopic (exact) mass is 445 g/mol. The number of ether oxygens (including phenoxy) is 1. The first-order chi connectivity index (χ1) is 16.0. The van der Waals surface area contributed by atoms with Gasteiger partial charge in [-0.3, -0.25) is 4.79 Å². The summed E-state index contributed by atoms with van der Waals surface area (Å²) in [6.45, 7) is 6.47. The van der Waals surface area contributed by atoms with Gasteiger partial charge in [-0.05, 0) is 35.6 Å². The van der Waals surface area contributed by atoms with Crippen LogP contribution in [0.4, 0.5) is 0 Å². The largest absolute Gasteiger partial charge is 0.462 e. The molecule has 172 valence electrons. The number of rotatable bonds is 10. The highest BCUT2D eigenvalue weighted by atomic mass is 16.7. The summed E-state index contributed by atoms with van der Waals surface area (Å²) in [5.41, 5.74) is 3.19. The number of benzene rings is 3. The Kier molecular flexibility index (Phi) is 8.64. The first kappa shape index (κ1) is 24.1. The van der Waals surface area contributed by atoms with Crippen LogP contribution in [0.5, 0.6) is 5.75 Å². The lowest BCUT2D eigenvalue weighted by Gasteiger charge is -2.24. The molecule has 0 atom stereocenters. The van der Waals surface area contributed by atoms with E-state index in [-0.39, 0.29) is 24.9 Å². The van der Waals surface area contributed by atoms with E-state index in [0.717, 1.165) is 16.7 Å². The topological polar surface area (TPSA) is 55.8 Å². The van der Waals surface area contributed by atoms with E-state index < -0.39 is 5.97 Å². The van der Waals surface area contributed by atoms with Crippen molar-refractivity contribution in [2.45, 2.75) is 39.5 Å². The minimum absolute atomic E-state index is 0.0836. The van der Waals surface area contributed by atoms with Crippen LogP contribution in [0.15, 0.2) is 78.9 Å². The molecule has 0 unspecified atom stereocenters. The van der Waals surface area contributed by atoms with Crippen molar-refractivity contribution in [1.82, 2.24) is 5.06 Å². The molecule has 0 saturated carbocycles. The van der Waals surface area contributed by atoms with Gasteiger partial charge in [0.1, 0.15) is 5.56 Å². The molecule has 33 heavy (non-hydrogen) atoms. The lowest BCUT2D eigenvalue weighted by Crippen LogP contribution is -2.35. The van der Waals surface area contributed by atoms with Gasteiger partial charge in [0, 0.05) is 6.42 Å². The maximum atomic E-state index is 13.1. The maximum absolute atomic E-state index is 13.1. The molecule has 5 nitrogen and oxygen atoms in total. The Morgan fingerprint density at radius 1 is 0.848 bits per heavy atom. The third kappa shape index (κ3) is 6.69. The lowest BCUT2D eigenvalue weighted by atomic mass is 9.96. The van der Waals surface area contributed by atoms with Crippen molar-refractivity contribution in [3.8, 4) is 5.75 Å². The predicted octanol–water partition coefficient (Wildman–Crippen LogP) is 5.59. The third-order valence-corrected chi connectivity index (χ3v) is 5.32. The lowest BCUT2D eigenvalue weighted by molar-refractivity contribution is -0.155. The first-order valence-electron chi connectivity index (χ1n) is 11.4. The Morgan fingerprint density at radius 3 is 2.09 bits per heavy atom. The molecule has 0 bridgehead atoms. The summed E-state index contributed by atoms with van der Waals surface area (Å²) in [4.78, 5) is 32.0. The van der Waals surface area contributed by atoms with Gasteiger partial charge < -0.3 is 9.57 Å². The number of hydroxylamine groups is 2. The number of hydrogen-bond donors (Lipinski definition) is 0. The highest BCUT2D eigenvalue weighted by Crippen LogP contribution is 2.29. The van der Waals surface area contributed by atoms with Crippen LogP contribution in [-0.2, 0) is 22.4 Å². The zero-order valence-electron chi connectivity index (χ0n) is 19.5. The molecule has 0 radical (unpaired) electrons. The average Bonchev–Trinajstić information content (AvgIpc) is 2.83. The van der Waals surface area contributed by atoms with Crippen LogP contribution < -0.4 is 4.84 Å². The second kappa shape index (κ2) is 11.9. The molecule has 0 aromatic heterocycles. The van der Waals surface area contributed by atoms with Crippen LogP contribution in [0.25, 0.3) is 0 Å². The van der Waals surface area contributed by atoms with E-state index in [1.807, 2.05) is 93.6 Å². The summed E-state index contributed by atoms with van der Waals surface area (Å²) in [7, 11) is 0. The zero-order valence-corrected chi connectivity index (χ0v) is 19.5. The second-order valence-electron chi connectivity index (χ2n) is 8.09. The Hall–Kier alpha value is -3.60. The summed E-state index contributed by atoms with van der Waals surface area (Å²) in [5, 5.41) is 1.30. The van der Waals surface area contributed by atoms with Crippen molar-refractivity contribution in [3.05, 3.63) is 101 Å². The van der Waals surface area contributed by atoms with Gasteiger partial charge in [-0.15, -0.1) is 0 Å². The summed E-state index contributed by atoms with van der Waals surface area (Å²) >= 11 is 0. The zero-order chi connectivity index (χ0) is 23.6. The highest BCUT2D eigenvalue weighted by Gasteiger charge is 2.24. The number of amides is 1. The molecule has 0 fully saturated rings. The van der Waals surface area contributed by atoms with Crippen LogP contribution in [0.1, 0.15) is 53.7 Å². The fraction of sp³-hybridized carbons (Fsp3) is 0.286. The molecule has 0 spiro atoms. The first-order valence-corrected chi connectivity index (χ1v) is 11.4. The van der Waals surface area contributed by atoms with E-state index in [1.165, 1.54) is 5.06 Å². The van der Waals surface area contributed by atoms with E-state index in [1.54, 1.807) is 6.07 Å². The van der Waals surface area contributed by atoms with Gasteiger partial charge in [-0.25, -0.2) is 4.79 Å². The normalized spacial score (nSPS) is 10.7. The quantitative estimate of drug-likeness (QED) is 0.301. The molecule has 3 aromatic carbocycles. The van der Waals surface area contributed by atoms with E-state index in [4.69, 9.17) is 9.57 Å². The number of carbonyl (C=O) groups is 2. The van der Waals surface area contributed by atoms with E-state index in [2.05, 4.69) is 0 Å². The van der Waals surface area contributed by atoms with Crippen molar-refractivity contribution in [1.29, 1.82) is 0 Å². The van der Waals surface area contributed by atoms with Crippen LogP contribution in [0.3, 0.4) is 0 Å². The minimum atomic E-state index is -0.447. The van der Waals surface area contributed by atoms with Crippen LogP contribution in [-0.4, -0.2) is 30.1 Å². The maximum Gasteiger partial charge on any atom is 0.342 e. The smallest absolute Gasteiger partial charge is 0.342 e. The fourth-order valence-corrected chi connectivity index (χ4v) is 3.57. The molecular weight excluding hydrogens is 414 g/mol. The van der Waals surface area contributed by atoms with Gasteiger partial charge in [-0.1, -0.05) is 86.6 Å². The fourth-order valence-electron chi connectivity index (χ4n) is 3.57. The van der Waals surface area contributed by atoms with Crippen LogP contribution in [0.2, 0.25) is 0 Å². The molecule has 0 aliphatic carbocycles. The number of nitrogens with zero attached hydrogens (tertiary/aromatic N) is 1. The van der Waals surface area contributed by atoms with Crippen molar-refractivity contribution in [2.75, 3.05) is 13.2 Å². The SMILES string of the molecule is CCN(Oc1cccc(C(C)C)c1C(=O)OCCc1ccccc1)C(=O)Cc1ccccc1. The molecule has 3 rings (SSSR count). The third-order valence-electron chi connectivity index (χ3n) is 5.32. The number of likely N-dealkylation sites (N-methyl/N-ethyl adjacent to an activating group) is 1. The minimum Gasteiger partial charge on any atom is -0.462 e. The summed E-state index contributed by atoms with van der Waals surface area (Å²) in [6.07, 6.45) is 0.846. The Morgan fingerprint density at radius 2 is 1.48 bits per heavy atom. The van der Waals surface area contributed by atoms with Crippen molar-refractivity contribution in [3.63, 3.8) is 0 Å². The highest BCUT2D eigenvalue weighted by molar-refractivity contribution is 5.94. The summed E-state index contributed by atoms with van der Waals surface area (Å²) in [5.74, 6) is -0.215. The predicted molar refractivity (Wildman–Crippen MR) is 129 cm³/mol. The molecule has 0 heterocycles. The van der Waals surface area contributed by atoms with Gasteiger partial charge in [0.05, 0.1) is 19.6 Å². The van der Waals surface area contributed by atoms with Gasteiger partial charge >= 0.3 is 5.97 Å². The molecule has 1 amide bonds. The number of carbonyl (C=O) groups excluding carboxylic acids is 2. The summed E-state index contributed by atoms with van der Waals surface area (Å²) in [6, 6.07) is 24.8. The van der Waals surface area contributed by atoms with Gasteiger partial charge in [0.15, 0.2) is 5.75 Å². The Labute approximate surface area is 195 Å². The molecule has 0 aliphatic heterocycles. The standard InChI is InChI=1S/C28H31NO4/c1-4-29(26(30)20-23-14-9-6-10-15-23)33-25-17-11-16-24(21(2)3)27(25)28(31)32-19-18-22-12-7-5-8-13-22/h5-17,21H,4,18-20H2,1-3H3. The molecule has 0 N–H and O–H groups in total. The van der Waals surface area contributed by atoms with Crippen LogP contribution in [0, 0.1) is 0 Å². The summed E-state index contributed by atoms with van der Waals surface area (Å²) < 4.78 is 5.61. The van der Waals surface area contributed by atoms with Crippen molar-refractivity contribution in [2.24, 2.45) is 0 Å². The Bertz CT molecular complexity index is 1050. The number of esters is 1. The van der Waals surface area contributed by atoms with E-state index in [9.17, 15) is 9.59 Å².